The average molecular weight is 380 g/mol. The fraction of sp³-hybridized carbons (Fsp3) is 0.176. The lowest BCUT2D eigenvalue weighted by molar-refractivity contribution is -0.123. The number of anilines is 1. The van der Waals surface area contributed by atoms with Gasteiger partial charge in [-0.2, -0.15) is 0 Å². The van der Waals surface area contributed by atoms with Crippen molar-refractivity contribution in [3.63, 3.8) is 0 Å². The third-order valence-corrected chi connectivity index (χ3v) is 3.65. The highest BCUT2D eigenvalue weighted by atomic mass is 79.9. The molecule has 0 radical (unpaired) electrons. The second-order valence-corrected chi connectivity index (χ2v) is 5.93. The van der Waals surface area contributed by atoms with E-state index in [0.717, 1.165) is 10.5 Å². The molecule has 2 aromatic carbocycles. The molecule has 2 aromatic rings. The Morgan fingerprint density at radius 2 is 1.96 bits per heavy atom. The molecule has 0 aliphatic heterocycles. The fourth-order valence-corrected chi connectivity index (χ4v) is 2.21. The molecule has 0 aliphatic carbocycles. The lowest BCUT2D eigenvalue weighted by Gasteiger charge is -2.14. The van der Waals surface area contributed by atoms with Gasteiger partial charge in [0, 0.05) is 10.2 Å². The van der Waals surface area contributed by atoms with Crippen molar-refractivity contribution in [3.8, 4) is 0 Å². The van der Waals surface area contributed by atoms with Crippen molar-refractivity contribution in [2.75, 3.05) is 5.32 Å². The highest BCUT2D eigenvalue weighted by molar-refractivity contribution is 9.10. The topological polar surface area (TPSA) is 55.4 Å². The van der Waals surface area contributed by atoms with Crippen molar-refractivity contribution in [1.29, 1.82) is 0 Å². The summed E-state index contributed by atoms with van der Waals surface area (Å²) >= 11 is 3.30. The number of ether oxygens (including phenoxy) is 1. The number of hydrogen-bond donors (Lipinski definition) is 1. The third-order valence-electron chi connectivity index (χ3n) is 3.15. The Hall–Kier alpha value is -2.21. The minimum atomic E-state index is -1.01. The summed E-state index contributed by atoms with van der Waals surface area (Å²) in [5.74, 6) is -1.71. The molecular weight excluding hydrogens is 365 g/mol. The third kappa shape index (κ3) is 4.63. The van der Waals surface area contributed by atoms with Crippen molar-refractivity contribution in [2.45, 2.75) is 20.0 Å². The van der Waals surface area contributed by atoms with E-state index in [2.05, 4.69) is 21.2 Å². The summed E-state index contributed by atoms with van der Waals surface area (Å²) in [5, 5.41) is 2.64. The van der Waals surface area contributed by atoms with E-state index in [1.807, 2.05) is 6.07 Å². The van der Waals surface area contributed by atoms with Crippen LogP contribution in [-0.2, 0) is 9.53 Å². The van der Waals surface area contributed by atoms with E-state index in [4.69, 9.17) is 4.74 Å². The summed E-state index contributed by atoms with van der Waals surface area (Å²) in [7, 11) is 0. The molecule has 0 fully saturated rings. The summed E-state index contributed by atoms with van der Waals surface area (Å²) in [4.78, 5) is 24.0. The predicted octanol–water partition coefficient (Wildman–Crippen LogP) is 4.08. The second kappa shape index (κ2) is 7.37. The maximum Gasteiger partial charge on any atom is 0.339 e. The van der Waals surface area contributed by atoms with E-state index >= 15 is 0 Å². The van der Waals surface area contributed by atoms with Gasteiger partial charge in [-0.15, -0.1) is 0 Å². The molecule has 1 atom stereocenters. The van der Waals surface area contributed by atoms with Crippen LogP contribution in [0.1, 0.15) is 22.8 Å². The van der Waals surface area contributed by atoms with E-state index < -0.39 is 23.8 Å². The largest absolute Gasteiger partial charge is 0.449 e. The average Bonchev–Trinajstić information content (AvgIpc) is 2.49. The van der Waals surface area contributed by atoms with Gasteiger partial charge in [0.25, 0.3) is 5.91 Å². The molecule has 0 heterocycles. The Kier molecular flexibility index (Phi) is 5.50. The first-order chi connectivity index (χ1) is 10.9. The number of hydrogen-bond acceptors (Lipinski definition) is 3. The van der Waals surface area contributed by atoms with Crippen LogP contribution in [-0.4, -0.2) is 18.0 Å². The number of esters is 1. The molecule has 0 saturated heterocycles. The molecule has 6 heteroatoms. The molecule has 1 amide bonds. The van der Waals surface area contributed by atoms with Gasteiger partial charge < -0.3 is 10.1 Å². The van der Waals surface area contributed by atoms with E-state index in [0.29, 0.717) is 11.3 Å². The standard InChI is InChI=1S/C17H15BrFNO3/c1-10-6-7-12(8-15(10)19)17(22)23-11(2)16(21)20-14-5-3-4-13(18)9-14/h3-9,11H,1-2H3,(H,20,21)/t11-/m0/s1. The maximum absolute atomic E-state index is 13.5. The van der Waals surface area contributed by atoms with Crippen LogP contribution in [0.4, 0.5) is 10.1 Å². The van der Waals surface area contributed by atoms with E-state index in [9.17, 15) is 14.0 Å². The van der Waals surface area contributed by atoms with Gasteiger partial charge in [-0.3, -0.25) is 4.79 Å². The number of aryl methyl sites for hydroxylation is 1. The van der Waals surface area contributed by atoms with Gasteiger partial charge in [0.15, 0.2) is 6.10 Å². The smallest absolute Gasteiger partial charge is 0.339 e. The number of rotatable bonds is 4. The minimum absolute atomic E-state index is 0.0650. The van der Waals surface area contributed by atoms with Crippen molar-refractivity contribution in [2.24, 2.45) is 0 Å². The zero-order valence-corrected chi connectivity index (χ0v) is 14.2. The van der Waals surface area contributed by atoms with Gasteiger partial charge in [0.05, 0.1) is 5.56 Å². The highest BCUT2D eigenvalue weighted by Crippen LogP contribution is 2.16. The fourth-order valence-electron chi connectivity index (χ4n) is 1.81. The molecular formula is C17H15BrFNO3. The van der Waals surface area contributed by atoms with Crippen LogP contribution in [0, 0.1) is 12.7 Å². The highest BCUT2D eigenvalue weighted by Gasteiger charge is 2.19. The summed E-state index contributed by atoms with van der Waals surface area (Å²) in [6, 6.07) is 11.1. The van der Waals surface area contributed by atoms with Crippen molar-refractivity contribution < 1.29 is 18.7 Å². The number of benzene rings is 2. The number of nitrogens with one attached hydrogen (secondary N) is 1. The number of carbonyl (C=O) groups is 2. The quantitative estimate of drug-likeness (QED) is 0.814. The molecule has 4 nitrogen and oxygen atoms in total. The Morgan fingerprint density at radius 3 is 2.61 bits per heavy atom. The monoisotopic (exact) mass is 379 g/mol. The van der Waals surface area contributed by atoms with Gasteiger partial charge in [-0.1, -0.05) is 28.1 Å². The maximum atomic E-state index is 13.5. The normalized spacial score (nSPS) is 11.7. The molecule has 0 aliphatic rings. The summed E-state index contributed by atoms with van der Waals surface area (Å²) < 4.78 is 19.4. The Balaban J connectivity index is 2.00. The van der Waals surface area contributed by atoms with E-state index in [1.165, 1.54) is 19.1 Å². The number of amides is 1. The van der Waals surface area contributed by atoms with Crippen molar-refractivity contribution >= 4 is 33.5 Å². The van der Waals surface area contributed by atoms with Crippen LogP contribution in [0.3, 0.4) is 0 Å². The Labute approximate surface area is 141 Å². The first-order valence-electron chi connectivity index (χ1n) is 6.90. The second-order valence-electron chi connectivity index (χ2n) is 5.01. The van der Waals surface area contributed by atoms with Crippen LogP contribution in [0.15, 0.2) is 46.9 Å². The lowest BCUT2D eigenvalue weighted by Crippen LogP contribution is -2.30. The molecule has 23 heavy (non-hydrogen) atoms. The van der Waals surface area contributed by atoms with Crippen LogP contribution in [0.2, 0.25) is 0 Å². The molecule has 0 bridgehead atoms. The first kappa shape index (κ1) is 17.1. The zero-order chi connectivity index (χ0) is 17.0. The lowest BCUT2D eigenvalue weighted by atomic mass is 10.1. The first-order valence-corrected chi connectivity index (χ1v) is 7.69. The van der Waals surface area contributed by atoms with Gasteiger partial charge in [0.1, 0.15) is 5.82 Å². The van der Waals surface area contributed by atoms with Crippen molar-refractivity contribution in [3.05, 3.63) is 63.9 Å². The van der Waals surface area contributed by atoms with Gasteiger partial charge in [-0.05, 0) is 49.7 Å². The zero-order valence-electron chi connectivity index (χ0n) is 12.6. The summed E-state index contributed by atoms with van der Waals surface area (Å²) in [6.45, 7) is 3.05. The molecule has 1 N–H and O–H groups in total. The summed E-state index contributed by atoms with van der Waals surface area (Å²) in [5.41, 5.74) is 1.07. The molecule has 120 valence electrons. The van der Waals surface area contributed by atoms with E-state index in [-0.39, 0.29) is 5.56 Å². The minimum Gasteiger partial charge on any atom is -0.449 e. The van der Waals surface area contributed by atoms with Gasteiger partial charge >= 0.3 is 5.97 Å². The SMILES string of the molecule is Cc1ccc(C(=O)O[C@@H](C)C(=O)Nc2cccc(Br)c2)cc1F. The molecule has 0 aromatic heterocycles. The Bertz CT molecular complexity index is 748. The molecule has 2 rings (SSSR count). The number of halogens is 2. The van der Waals surface area contributed by atoms with Gasteiger partial charge in [0.2, 0.25) is 0 Å². The molecule has 0 saturated carbocycles. The van der Waals surface area contributed by atoms with Crippen LogP contribution >= 0.6 is 15.9 Å². The summed E-state index contributed by atoms with van der Waals surface area (Å²) in [6.07, 6.45) is -1.01. The van der Waals surface area contributed by atoms with Gasteiger partial charge in [-0.25, -0.2) is 9.18 Å². The van der Waals surface area contributed by atoms with Crippen LogP contribution in [0.25, 0.3) is 0 Å². The van der Waals surface area contributed by atoms with E-state index in [1.54, 1.807) is 25.1 Å². The Morgan fingerprint density at radius 1 is 1.22 bits per heavy atom. The molecule has 0 unspecified atom stereocenters. The number of carbonyl (C=O) groups excluding carboxylic acids is 2. The predicted molar refractivity (Wildman–Crippen MR) is 88.8 cm³/mol. The van der Waals surface area contributed by atoms with Crippen molar-refractivity contribution in [1.82, 2.24) is 0 Å². The molecule has 0 spiro atoms. The van der Waals surface area contributed by atoms with Crippen LogP contribution in [0.5, 0.6) is 0 Å². The van der Waals surface area contributed by atoms with Crippen LogP contribution < -0.4 is 5.32 Å².